The molecule has 2 atom stereocenters. The van der Waals surface area contributed by atoms with Gasteiger partial charge in [-0.2, -0.15) is 0 Å². The van der Waals surface area contributed by atoms with Gasteiger partial charge in [-0.1, -0.05) is 0 Å². The molecule has 11 nitrogen and oxygen atoms in total. The molecule has 0 aromatic rings. The summed E-state index contributed by atoms with van der Waals surface area (Å²) in [6.07, 6.45) is 0.673. The number of cyclic esters (lactones) is 1. The van der Waals surface area contributed by atoms with Crippen LogP contribution < -0.4 is 10.6 Å². The van der Waals surface area contributed by atoms with Crippen molar-refractivity contribution < 1.29 is 33.8 Å². The summed E-state index contributed by atoms with van der Waals surface area (Å²) in [6, 6.07) is -1.66. The molecular weight excluding hydrogens is 348 g/mol. The molecule has 0 aromatic carbocycles. The fraction of sp³-hybridized carbons (Fsp3) is 0.667. The maximum Gasteiger partial charge on any atom is 0.328 e. The van der Waals surface area contributed by atoms with E-state index in [0.717, 1.165) is 0 Å². The minimum Gasteiger partial charge on any atom is -0.481 e. The Morgan fingerprint density at radius 1 is 1.27 bits per heavy atom. The standard InChI is InChI=1S/C15H22N4O7/c20-9-18-2-4-19(5-3-18)11(7-13(22)23)14(24)16-8-12(21)17-10-1-6-26-15(10)25/h9-11H,1-8H2,(H,16,24)(H,17,21)(H,22,23). The molecule has 144 valence electrons. The molecule has 26 heavy (non-hydrogen) atoms. The fourth-order valence-electron chi connectivity index (χ4n) is 2.86. The van der Waals surface area contributed by atoms with Crippen LogP contribution >= 0.6 is 0 Å². The van der Waals surface area contributed by atoms with Crippen molar-refractivity contribution in [3.8, 4) is 0 Å². The van der Waals surface area contributed by atoms with Gasteiger partial charge >= 0.3 is 11.9 Å². The summed E-state index contributed by atoms with van der Waals surface area (Å²) in [4.78, 5) is 60.6. The van der Waals surface area contributed by atoms with E-state index in [0.29, 0.717) is 39.0 Å². The fourth-order valence-corrected chi connectivity index (χ4v) is 2.86. The van der Waals surface area contributed by atoms with Crippen molar-refractivity contribution in [3.63, 3.8) is 0 Å². The average molecular weight is 370 g/mol. The van der Waals surface area contributed by atoms with Crippen molar-refractivity contribution in [2.24, 2.45) is 0 Å². The van der Waals surface area contributed by atoms with Gasteiger partial charge in [0.1, 0.15) is 6.04 Å². The molecule has 11 heteroatoms. The molecule has 2 aliphatic rings. The first-order valence-electron chi connectivity index (χ1n) is 8.29. The first kappa shape index (κ1) is 19.6. The molecule has 2 aliphatic heterocycles. The smallest absolute Gasteiger partial charge is 0.328 e. The van der Waals surface area contributed by atoms with Crippen LogP contribution in [0.1, 0.15) is 12.8 Å². The van der Waals surface area contributed by atoms with Gasteiger partial charge in [0.05, 0.1) is 25.6 Å². The normalized spacial score (nSPS) is 21.6. The number of piperazine rings is 1. The van der Waals surface area contributed by atoms with E-state index in [1.54, 1.807) is 9.80 Å². The summed E-state index contributed by atoms with van der Waals surface area (Å²) in [6.45, 7) is 1.40. The molecule has 0 radical (unpaired) electrons. The third-order valence-electron chi connectivity index (χ3n) is 4.30. The van der Waals surface area contributed by atoms with Crippen molar-refractivity contribution in [2.45, 2.75) is 24.9 Å². The highest BCUT2D eigenvalue weighted by Gasteiger charge is 2.32. The second-order valence-electron chi connectivity index (χ2n) is 6.09. The zero-order chi connectivity index (χ0) is 19.1. The first-order valence-corrected chi connectivity index (χ1v) is 8.29. The van der Waals surface area contributed by atoms with Crippen molar-refractivity contribution >= 4 is 30.2 Å². The number of amides is 3. The lowest BCUT2D eigenvalue weighted by molar-refractivity contribution is -0.143. The van der Waals surface area contributed by atoms with Gasteiger partial charge in [0, 0.05) is 32.6 Å². The average Bonchev–Trinajstić information content (AvgIpc) is 3.02. The highest BCUT2D eigenvalue weighted by atomic mass is 16.5. The summed E-state index contributed by atoms with van der Waals surface area (Å²) in [5.74, 6) is -2.79. The topological polar surface area (TPSA) is 145 Å². The Bertz CT molecular complexity index is 574. The number of ether oxygens (including phenoxy) is 1. The molecule has 0 aliphatic carbocycles. The molecule has 2 fully saturated rings. The molecule has 0 aromatic heterocycles. The molecule has 0 saturated carbocycles. The van der Waals surface area contributed by atoms with Crippen LogP contribution in [0.15, 0.2) is 0 Å². The van der Waals surface area contributed by atoms with Gasteiger partial charge in [0.25, 0.3) is 0 Å². The first-order chi connectivity index (χ1) is 12.4. The van der Waals surface area contributed by atoms with E-state index in [9.17, 15) is 24.0 Å². The molecule has 0 spiro atoms. The summed E-state index contributed by atoms with van der Waals surface area (Å²) < 4.78 is 4.73. The molecule has 0 bridgehead atoms. The zero-order valence-corrected chi connectivity index (χ0v) is 14.2. The van der Waals surface area contributed by atoms with Crippen LogP contribution in [0.3, 0.4) is 0 Å². The van der Waals surface area contributed by atoms with Crippen molar-refractivity contribution in [2.75, 3.05) is 39.3 Å². The number of rotatable bonds is 8. The Morgan fingerprint density at radius 2 is 1.96 bits per heavy atom. The number of carboxylic acids is 1. The summed E-state index contributed by atoms with van der Waals surface area (Å²) >= 11 is 0. The van der Waals surface area contributed by atoms with E-state index < -0.39 is 42.3 Å². The van der Waals surface area contributed by atoms with Gasteiger partial charge in [0.2, 0.25) is 18.2 Å². The van der Waals surface area contributed by atoms with Crippen LogP contribution in [-0.4, -0.2) is 96.5 Å². The number of hydrogen-bond donors (Lipinski definition) is 3. The van der Waals surface area contributed by atoms with Crippen molar-refractivity contribution in [1.82, 2.24) is 20.4 Å². The molecular formula is C15H22N4O7. The number of aliphatic carboxylic acids is 1. The quantitative estimate of drug-likeness (QED) is 0.306. The largest absolute Gasteiger partial charge is 0.481 e. The second kappa shape index (κ2) is 9.13. The number of nitrogens with zero attached hydrogens (tertiary/aromatic N) is 2. The van der Waals surface area contributed by atoms with Crippen molar-refractivity contribution in [3.05, 3.63) is 0 Å². The van der Waals surface area contributed by atoms with Crippen LogP contribution in [0, 0.1) is 0 Å². The van der Waals surface area contributed by atoms with E-state index in [1.165, 1.54) is 0 Å². The van der Waals surface area contributed by atoms with Crippen LogP contribution in [0.5, 0.6) is 0 Å². The Hall–Kier alpha value is -2.69. The lowest BCUT2D eigenvalue weighted by Crippen LogP contribution is -2.56. The highest BCUT2D eigenvalue weighted by Crippen LogP contribution is 2.10. The number of carboxylic acid groups (broad SMARTS) is 1. The molecule has 2 unspecified atom stereocenters. The minimum absolute atomic E-state index is 0.240. The van der Waals surface area contributed by atoms with Gasteiger partial charge in [-0.05, 0) is 0 Å². The van der Waals surface area contributed by atoms with Gasteiger partial charge in [-0.3, -0.25) is 24.1 Å². The van der Waals surface area contributed by atoms with Crippen LogP contribution in [0.4, 0.5) is 0 Å². The predicted molar refractivity (Wildman–Crippen MR) is 85.8 cm³/mol. The number of carbonyl (C=O) groups is 5. The highest BCUT2D eigenvalue weighted by molar-refractivity contribution is 5.91. The summed E-state index contributed by atoms with van der Waals surface area (Å²) in [7, 11) is 0. The molecule has 3 amide bonds. The maximum absolute atomic E-state index is 12.4. The van der Waals surface area contributed by atoms with E-state index >= 15 is 0 Å². The number of esters is 1. The molecule has 2 heterocycles. The van der Waals surface area contributed by atoms with Crippen LogP contribution in [0.2, 0.25) is 0 Å². The van der Waals surface area contributed by atoms with E-state index in [-0.39, 0.29) is 13.2 Å². The molecule has 2 saturated heterocycles. The second-order valence-corrected chi connectivity index (χ2v) is 6.09. The SMILES string of the molecule is O=CN1CCN(C(CC(=O)O)C(=O)NCC(=O)NC2CCOC2=O)CC1. The number of carbonyl (C=O) groups excluding carboxylic acids is 4. The Morgan fingerprint density at radius 3 is 2.50 bits per heavy atom. The maximum atomic E-state index is 12.4. The Labute approximate surface area is 149 Å². The summed E-state index contributed by atoms with van der Waals surface area (Å²) in [5.41, 5.74) is 0. The van der Waals surface area contributed by atoms with E-state index in [4.69, 9.17) is 9.84 Å². The Kier molecular flexibility index (Phi) is 6.89. The van der Waals surface area contributed by atoms with Crippen LogP contribution in [-0.2, 0) is 28.7 Å². The van der Waals surface area contributed by atoms with Gasteiger partial charge < -0.3 is 25.4 Å². The van der Waals surface area contributed by atoms with E-state index in [1.807, 2.05) is 0 Å². The van der Waals surface area contributed by atoms with Crippen LogP contribution in [0.25, 0.3) is 0 Å². The van der Waals surface area contributed by atoms with Gasteiger partial charge in [-0.15, -0.1) is 0 Å². The number of hydrogen-bond acceptors (Lipinski definition) is 7. The lowest BCUT2D eigenvalue weighted by atomic mass is 10.1. The van der Waals surface area contributed by atoms with Crippen molar-refractivity contribution in [1.29, 1.82) is 0 Å². The molecule has 2 rings (SSSR count). The van der Waals surface area contributed by atoms with Gasteiger partial charge in [0.15, 0.2) is 0 Å². The predicted octanol–water partition coefficient (Wildman–Crippen LogP) is -2.85. The Balaban J connectivity index is 1.85. The summed E-state index contributed by atoms with van der Waals surface area (Å²) in [5, 5.41) is 13.9. The number of nitrogens with one attached hydrogen (secondary N) is 2. The third-order valence-corrected chi connectivity index (χ3v) is 4.30. The monoisotopic (exact) mass is 370 g/mol. The molecule has 3 N–H and O–H groups in total. The third kappa shape index (κ3) is 5.41. The van der Waals surface area contributed by atoms with Gasteiger partial charge in [-0.25, -0.2) is 4.79 Å². The lowest BCUT2D eigenvalue weighted by Gasteiger charge is -2.36. The minimum atomic E-state index is -1.14. The van der Waals surface area contributed by atoms with E-state index in [2.05, 4.69) is 10.6 Å². The zero-order valence-electron chi connectivity index (χ0n) is 14.2.